The minimum Gasteiger partial charge on any atom is -0.397 e. The van der Waals surface area contributed by atoms with Crippen LogP contribution in [-0.2, 0) is 4.79 Å². The number of para-hydroxylation sites is 2. The smallest absolute Gasteiger partial charge is 0.225 e. The van der Waals surface area contributed by atoms with Crippen molar-refractivity contribution in [3.63, 3.8) is 0 Å². The van der Waals surface area contributed by atoms with Gasteiger partial charge in [0.1, 0.15) is 0 Å². The van der Waals surface area contributed by atoms with E-state index in [1.807, 2.05) is 18.2 Å². The molecule has 0 unspecified atom stereocenters. The van der Waals surface area contributed by atoms with Gasteiger partial charge in [0.2, 0.25) is 5.91 Å². The Hall–Kier alpha value is -1.77. The molecule has 0 saturated carbocycles. The van der Waals surface area contributed by atoms with Crippen molar-refractivity contribution in [3.8, 4) is 0 Å². The van der Waals surface area contributed by atoms with Gasteiger partial charge < -0.3 is 11.1 Å². The highest BCUT2D eigenvalue weighted by atomic mass is 16.1. The molecule has 1 aliphatic carbocycles. The Kier molecular flexibility index (Phi) is 3.25. The lowest BCUT2D eigenvalue weighted by atomic mass is 10.1. The lowest BCUT2D eigenvalue weighted by Crippen LogP contribution is -2.15. The van der Waals surface area contributed by atoms with Crippen LogP contribution < -0.4 is 11.1 Å². The van der Waals surface area contributed by atoms with Crippen LogP contribution in [0.5, 0.6) is 0 Å². The van der Waals surface area contributed by atoms with E-state index in [1.165, 1.54) is 0 Å². The third kappa shape index (κ3) is 2.63. The highest BCUT2D eigenvalue weighted by molar-refractivity contribution is 5.93. The zero-order valence-corrected chi connectivity index (χ0v) is 9.15. The Morgan fingerprint density at radius 3 is 2.94 bits per heavy atom. The van der Waals surface area contributed by atoms with Crippen LogP contribution in [-0.4, -0.2) is 5.91 Å². The summed E-state index contributed by atoms with van der Waals surface area (Å²) in [6, 6.07) is 7.31. The molecule has 0 saturated heterocycles. The number of nitrogen functional groups attached to an aromatic ring is 1. The fraction of sp³-hybridized carbons (Fsp3) is 0.308. The Morgan fingerprint density at radius 2 is 2.25 bits per heavy atom. The first-order valence-corrected chi connectivity index (χ1v) is 5.57. The van der Waals surface area contributed by atoms with E-state index in [0.717, 1.165) is 12.8 Å². The minimum atomic E-state index is 0.0365. The van der Waals surface area contributed by atoms with Gasteiger partial charge in [-0.3, -0.25) is 4.79 Å². The molecule has 1 aromatic rings. The minimum absolute atomic E-state index is 0.0365. The van der Waals surface area contributed by atoms with Gasteiger partial charge in [0, 0.05) is 6.42 Å². The second kappa shape index (κ2) is 4.84. The molecule has 0 heterocycles. The molecule has 0 bridgehead atoms. The molecule has 3 heteroatoms. The SMILES string of the molecule is Nc1ccccc1NC(=O)C[C@@H]1C=CCC1. The maximum atomic E-state index is 11.7. The second-order valence-corrected chi connectivity index (χ2v) is 4.11. The number of carbonyl (C=O) groups is 1. The molecular formula is C13H16N2O. The van der Waals surface area contributed by atoms with Gasteiger partial charge >= 0.3 is 0 Å². The van der Waals surface area contributed by atoms with Crippen molar-refractivity contribution in [2.75, 3.05) is 11.1 Å². The summed E-state index contributed by atoms with van der Waals surface area (Å²) in [4.78, 5) is 11.7. The maximum Gasteiger partial charge on any atom is 0.225 e. The van der Waals surface area contributed by atoms with E-state index in [2.05, 4.69) is 17.5 Å². The van der Waals surface area contributed by atoms with E-state index in [1.54, 1.807) is 6.07 Å². The molecule has 2 rings (SSSR count). The van der Waals surface area contributed by atoms with Crippen molar-refractivity contribution in [2.24, 2.45) is 5.92 Å². The summed E-state index contributed by atoms with van der Waals surface area (Å²) < 4.78 is 0. The molecule has 0 spiro atoms. The topological polar surface area (TPSA) is 55.1 Å². The first-order valence-electron chi connectivity index (χ1n) is 5.57. The molecule has 0 aromatic heterocycles. The molecule has 16 heavy (non-hydrogen) atoms. The van der Waals surface area contributed by atoms with Gasteiger partial charge in [-0.05, 0) is 30.9 Å². The van der Waals surface area contributed by atoms with E-state index in [4.69, 9.17) is 5.73 Å². The molecule has 1 aromatic carbocycles. The van der Waals surface area contributed by atoms with Crippen LogP contribution in [0.4, 0.5) is 11.4 Å². The lowest BCUT2D eigenvalue weighted by Gasteiger charge is -2.10. The number of nitrogens with one attached hydrogen (secondary N) is 1. The molecule has 1 amide bonds. The van der Waals surface area contributed by atoms with Crippen molar-refractivity contribution in [1.29, 1.82) is 0 Å². The van der Waals surface area contributed by atoms with Crippen LogP contribution in [0.3, 0.4) is 0 Å². The molecule has 0 fully saturated rings. The number of hydrogen-bond acceptors (Lipinski definition) is 2. The van der Waals surface area contributed by atoms with Gasteiger partial charge in [-0.15, -0.1) is 0 Å². The third-order valence-electron chi connectivity index (χ3n) is 2.79. The molecule has 3 nitrogen and oxygen atoms in total. The van der Waals surface area contributed by atoms with E-state index in [9.17, 15) is 4.79 Å². The van der Waals surface area contributed by atoms with Gasteiger partial charge in [-0.2, -0.15) is 0 Å². The summed E-state index contributed by atoms with van der Waals surface area (Å²) in [5.74, 6) is 0.430. The van der Waals surface area contributed by atoms with Crippen LogP contribution in [0.2, 0.25) is 0 Å². The molecule has 0 radical (unpaired) electrons. The van der Waals surface area contributed by atoms with Crippen LogP contribution in [0.25, 0.3) is 0 Å². The molecule has 0 aliphatic heterocycles. The standard InChI is InChI=1S/C13H16N2O/c14-11-7-3-4-8-12(11)15-13(16)9-10-5-1-2-6-10/h1,3-5,7-8,10H,2,6,9,14H2,(H,15,16)/t10-/m1/s1. The fourth-order valence-corrected chi connectivity index (χ4v) is 1.92. The lowest BCUT2D eigenvalue weighted by molar-refractivity contribution is -0.116. The Morgan fingerprint density at radius 1 is 1.44 bits per heavy atom. The number of rotatable bonds is 3. The van der Waals surface area contributed by atoms with Crippen molar-refractivity contribution in [1.82, 2.24) is 0 Å². The van der Waals surface area contributed by atoms with Crippen LogP contribution in [0.15, 0.2) is 36.4 Å². The number of carbonyl (C=O) groups excluding carboxylic acids is 1. The summed E-state index contributed by atoms with van der Waals surface area (Å²) in [6.07, 6.45) is 6.97. The number of nitrogens with two attached hydrogens (primary N) is 1. The summed E-state index contributed by atoms with van der Waals surface area (Å²) in [7, 11) is 0. The van der Waals surface area contributed by atoms with Gasteiger partial charge in [0.25, 0.3) is 0 Å². The predicted molar refractivity (Wildman–Crippen MR) is 66.0 cm³/mol. The monoisotopic (exact) mass is 216 g/mol. The summed E-state index contributed by atoms with van der Waals surface area (Å²) >= 11 is 0. The van der Waals surface area contributed by atoms with Crippen molar-refractivity contribution in [3.05, 3.63) is 36.4 Å². The maximum absolute atomic E-state index is 11.7. The van der Waals surface area contributed by atoms with Crippen LogP contribution in [0, 0.1) is 5.92 Å². The molecule has 1 atom stereocenters. The van der Waals surface area contributed by atoms with Gasteiger partial charge in [-0.1, -0.05) is 24.3 Å². The summed E-state index contributed by atoms with van der Waals surface area (Å²) in [5, 5.41) is 2.84. The fourth-order valence-electron chi connectivity index (χ4n) is 1.92. The number of anilines is 2. The molecule has 84 valence electrons. The van der Waals surface area contributed by atoms with Crippen molar-refractivity contribution in [2.45, 2.75) is 19.3 Å². The van der Waals surface area contributed by atoms with Crippen molar-refractivity contribution < 1.29 is 4.79 Å². The quantitative estimate of drug-likeness (QED) is 0.602. The first kappa shape index (κ1) is 10.7. The highest BCUT2D eigenvalue weighted by Gasteiger charge is 2.14. The van der Waals surface area contributed by atoms with E-state index in [0.29, 0.717) is 23.7 Å². The molecular weight excluding hydrogens is 200 g/mol. The van der Waals surface area contributed by atoms with E-state index >= 15 is 0 Å². The largest absolute Gasteiger partial charge is 0.397 e. The number of benzene rings is 1. The third-order valence-corrected chi connectivity index (χ3v) is 2.79. The zero-order valence-electron chi connectivity index (χ0n) is 9.15. The Bertz CT molecular complexity index is 412. The van der Waals surface area contributed by atoms with Crippen LogP contribution in [0.1, 0.15) is 19.3 Å². The van der Waals surface area contributed by atoms with E-state index in [-0.39, 0.29) is 5.91 Å². The van der Waals surface area contributed by atoms with Crippen molar-refractivity contribution >= 4 is 17.3 Å². The van der Waals surface area contributed by atoms with Gasteiger partial charge in [-0.25, -0.2) is 0 Å². The van der Waals surface area contributed by atoms with Gasteiger partial charge in [0.05, 0.1) is 11.4 Å². The Balaban J connectivity index is 1.92. The van der Waals surface area contributed by atoms with Gasteiger partial charge in [0.15, 0.2) is 0 Å². The molecule has 1 aliphatic rings. The first-order chi connectivity index (χ1) is 7.75. The number of hydrogen-bond donors (Lipinski definition) is 2. The number of amides is 1. The molecule has 3 N–H and O–H groups in total. The second-order valence-electron chi connectivity index (χ2n) is 4.11. The Labute approximate surface area is 95.3 Å². The normalized spacial score (nSPS) is 18.6. The predicted octanol–water partition coefficient (Wildman–Crippen LogP) is 2.56. The van der Waals surface area contributed by atoms with E-state index < -0.39 is 0 Å². The number of allylic oxidation sites excluding steroid dienone is 2. The van der Waals surface area contributed by atoms with Crippen LogP contribution >= 0.6 is 0 Å². The average Bonchev–Trinajstić information content (AvgIpc) is 2.74. The highest BCUT2D eigenvalue weighted by Crippen LogP contribution is 2.22. The zero-order chi connectivity index (χ0) is 11.4. The average molecular weight is 216 g/mol. The summed E-state index contributed by atoms with van der Waals surface area (Å²) in [6.45, 7) is 0. The summed E-state index contributed by atoms with van der Waals surface area (Å²) in [5.41, 5.74) is 7.06.